The number of rotatable bonds is 6. The molecule has 0 saturated heterocycles. The molecule has 3 rings (SSSR count). The Labute approximate surface area is 159 Å². The molecule has 1 amide bonds. The van der Waals surface area contributed by atoms with Gasteiger partial charge in [0.1, 0.15) is 0 Å². The first-order valence-corrected chi connectivity index (χ1v) is 9.95. The smallest absolute Gasteiger partial charge is 0.261 e. The molecule has 0 aliphatic carbocycles. The first-order chi connectivity index (χ1) is 13.0. The summed E-state index contributed by atoms with van der Waals surface area (Å²) in [7, 11) is -3.72. The van der Waals surface area contributed by atoms with Crippen molar-refractivity contribution in [3.63, 3.8) is 0 Å². The fourth-order valence-corrected chi connectivity index (χ4v) is 3.70. The molecule has 0 bridgehead atoms. The molecule has 0 atom stereocenters. The third-order valence-electron chi connectivity index (χ3n) is 4.09. The average Bonchev–Trinajstić information content (AvgIpc) is 2.69. The Kier molecular flexibility index (Phi) is 5.57. The van der Waals surface area contributed by atoms with Gasteiger partial charge in [-0.05, 0) is 42.3 Å². The van der Waals surface area contributed by atoms with Gasteiger partial charge in [0, 0.05) is 12.1 Å². The van der Waals surface area contributed by atoms with Crippen LogP contribution < -0.4 is 10.0 Å². The molecule has 0 aliphatic heterocycles. The van der Waals surface area contributed by atoms with Crippen molar-refractivity contribution in [1.29, 1.82) is 0 Å². The number of nitrogens with one attached hydrogen (secondary N) is 2. The van der Waals surface area contributed by atoms with Crippen molar-refractivity contribution in [2.75, 3.05) is 4.72 Å². The van der Waals surface area contributed by atoms with Crippen LogP contribution in [0.1, 0.15) is 21.5 Å². The Bertz CT molecular complexity index is 1030. The molecule has 0 aromatic heterocycles. The van der Waals surface area contributed by atoms with Crippen molar-refractivity contribution in [2.24, 2.45) is 0 Å². The van der Waals surface area contributed by atoms with Gasteiger partial charge in [0.25, 0.3) is 15.9 Å². The van der Waals surface area contributed by atoms with Crippen molar-refractivity contribution < 1.29 is 13.2 Å². The Balaban J connectivity index is 1.77. The van der Waals surface area contributed by atoms with Gasteiger partial charge in [-0.25, -0.2) is 8.42 Å². The zero-order valence-corrected chi connectivity index (χ0v) is 15.7. The maximum atomic E-state index is 12.5. The van der Waals surface area contributed by atoms with Gasteiger partial charge in [-0.15, -0.1) is 0 Å². The quantitative estimate of drug-likeness (QED) is 0.684. The van der Waals surface area contributed by atoms with E-state index < -0.39 is 10.0 Å². The number of amides is 1. The minimum atomic E-state index is -3.72. The van der Waals surface area contributed by atoms with Gasteiger partial charge in [-0.2, -0.15) is 0 Å². The van der Waals surface area contributed by atoms with Crippen LogP contribution in [0.5, 0.6) is 0 Å². The second-order valence-corrected chi connectivity index (χ2v) is 7.80. The molecule has 27 heavy (non-hydrogen) atoms. The third-order valence-corrected chi connectivity index (χ3v) is 5.47. The summed E-state index contributed by atoms with van der Waals surface area (Å²) in [5.41, 5.74) is 2.49. The van der Waals surface area contributed by atoms with Crippen LogP contribution in [0.2, 0.25) is 0 Å². The minimum Gasteiger partial charge on any atom is -0.348 e. The summed E-state index contributed by atoms with van der Waals surface area (Å²) in [5.74, 6) is -0.265. The lowest BCUT2D eigenvalue weighted by molar-refractivity contribution is 0.0951. The van der Waals surface area contributed by atoms with Crippen LogP contribution in [0.15, 0.2) is 83.8 Å². The zero-order chi connectivity index (χ0) is 19.3. The molecule has 0 heterocycles. The van der Waals surface area contributed by atoms with Crippen molar-refractivity contribution in [1.82, 2.24) is 5.32 Å². The van der Waals surface area contributed by atoms with E-state index in [2.05, 4.69) is 10.0 Å². The number of hydrogen-bond acceptors (Lipinski definition) is 3. The van der Waals surface area contributed by atoms with Gasteiger partial charge >= 0.3 is 0 Å². The van der Waals surface area contributed by atoms with Crippen molar-refractivity contribution >= 4 is 21.6 Å². The first-order valence-electron chi connectivity index (χ1n) is 8.46. The van der Waals surface area contributed by atoms with E-state index in [1.165, 1.54) is 12.1 Å². The Morgan fingerprint density at radius 1 is 0.889 bits per heavy atom. The molecule has 3 aromatic rings. The molecule has 0 radical (unpaired) electrons. The molecule has 0 aliphatic rings. The Morgan fingerprint density at radius 2 is 1.52 bits per heavy atom. The van der Waals surface area contributed by atoms with E-state index >= 15 is 0 Å². The summed E-state index contributed by atoms with van der Waals surface area (Å²) in [6.07, 6.45) is 0. The van der Waals surface area contributed by atoms with E-state index in [0.717, 1.165) is 11.1 Å². The van der Waals surface area contributed by atoms with Crippen LogP contribution in [0, 0.1) is 6.92 Å². The molecule has 5 nitrogen and oxygen atoms in total. The monoisotopic (exact) mass is 380 g/mol. The summed E-state index contributed by atoms with van der Waals surface area (Å²) in [6, 6.07) is 22.6. The molecular formula is C21H20N2O3S. The SMILES string of the molecule is Cc1ccc(C(=O)NCc2ccccc2)cc1NS(=O)(=O)c1ccccc1. The Morgan fingerprint density at radius 3 is 2.19 bits per heavy atom. The predicted octanol–water partition coefficient (Wildman–Crippen LogP) is 3.73. The summed E-state index contributed by atoms with van der Waals surface area (Å²) in [5, 5.41) is 2.84. The van der Waals surface area contributed by atoms with Gasteiger partial charge in [0.2, 0.25) is 0 Å². The molecule has 0 unspecified atom stereocenters. The van der Waals surface area contributed by atoms with Gasteiger partial charge in [-0.3, -0.25) is 9.52 Å². The first kappa shape index (κ1) is 18.7. The highest BCUT2D eigenvalue weighted by molar-refractivity contribution is 7.92. The zero-order valence-electron chi connectivity index (χ0n) is 14.8. The van der Waals surface area contributed by atoms with Gasteiger partial charge in [-0.1, -0.05) is 54.6 Å². The highest BCUT2D eigenvalue weighted by Gasteiger charge is 2.16. The summed E-state index contributed by atoms with van der Waals surface area (Å²) in [4.78, 5) is 12.6. The van der Waals surface area contributed by atoms with Crippen molar-refractivity contribution in [3.05, 3.63) is 95.6 Å². The van der Waals surface area contributed by atoms with E-state index in [-0.39, 0.29) is 10.8 Å². The fraction of sp³-hybridized carbons (Fsp3) is 0.0952. The van der Waals surface area contributed by atoms with E-state index in [9.17, 15) is 13.2 Å². The maximum Gasteiger partial charge on any atom is 0.261 e. The van der Waals surface area contributed by atoms with E-state index in [4.69, 9.17) is 0 Å². The minimum absolute atomic E-state index is 0.170. The third kappa shape index (κ3) is 4.74. The van der Waals surface area contributed by atoms with Crippen LogP contribution in [-0.4, -0.2) is 14.3 Å². The second-order valence-electron chi connectivity index (χ2n) is 6.12. The molecule has 138 valence electrons. The van der Waals surface area contributed by atoms with Crippen LogP contribution in [0.3, 0.4) is 0 Å². The highest BCUT2D eigenvalue weighted by Crippen LogP contribution is 2.21. The molecule has 2 N–H and O–H groups in total. The topological polar surface area (TPSA) is 75.3 Å². The van der Waals surface area contributed by atoms with Crippen LogP contribution in [-0.2, 0) is 16.6 Å². The van der Waals surface area contributed by atoms with Crippen LogP contribution in [0.25, 0.3) is 0 Å². The maximum absolute atomic E-state index is 12.5. The summed E-state index contributed by atoms with van der Waals surface area (Å²) < 4.78 is 27.6. The van der Waals surface area contributed by atoms with Crippen molar-refractivity contribution in [2.45, 2.75) is 18.4 Å². The number of carbonyl (C=O) groups excluding carboxylic acids is 1. The van der Waals surface area contributed by atoms with Crippen LogP contribution >= 0.6 is 0 Å². The molecule has 0 fully saturated rings. The second kappa shape index (κ2) is 8.05. The van der Waals surface area contributed by atoms with Crippen LogP contribution in [0.4, 0.5) is 5.69 Å². The average molecular weight is 380 g/mol. The number of carbonyl (C=O) groups is 1. The molecule has 3 aromatic carbocycles. The standard InChI is InChI=1S/C21H20N2O3S/c1-16-12-13-18(21(24)22-15-17-8-4-2-5-9-17)14-20(16)23-27(25,26)19-10-6-3-7-11-19/h2-14,23H,15H2,1H3,(H,22,24). The Hall–Kier alpha value is -3.12. The lowest BCUT2D eigenvalue weighted by atomic mass is 10.1. The lowest BCUT2D eigenvalue weighted by Crippen LogP contribution is -2.23. The normalized spacial score (nSPS) is 11.0. The highest BCUT2D eigenvalue weighted by atomic mass is 32.2. The molecular weight excluding hydrogens is 360 g/mol. The lowest BCUT2D eigenvalue weighted by Gasteiger charge is -2.12. The summed E-state index contributed by atoms with van der Waals surface area (Å²) >= 11 is 0. The molecule has 0 spiro atoms. The summed E-state index contributed by atoms with van der Waals surface area (Å²) in [6.45, 7) is 2.19. The number of aryl methyl sites for hydroxylation is 1. The number of sulfonamides is 1. The molecule has 0 saturated carbocycles. The fourth-order valence-electron chi connectivity index (χ4n) is 2.56. The number of hydrogen-bond donors (Lipinski definition) is 2. The van der Waals surface area contributed by atoms with E-state index in [0.29, 0.717) is 17.8 Å². The molecule has 6 heteroatoms. The number of benzene rings is 3. The van der Waals surface area contributed by atoms with Gasteiger partial charge < -0.3 is 5.32 Å². The number of anilines is 1. The van der Waals surface area contributed by atoms with Gasteiger partial charge in [0.15, 0.2) is 0 Å². The largest absolute Gasteiger partial charge is 0.348 e. The van der Waals surface area contributed by atoms with E-state index in [1.54, 1.807) is 43.3 Å². The van der Waals surface area contributed by atoms with Gasteiger partial charge in [0.05, 0.1) is 10.6 Å². The van der Waals surface area contributed by atoms with E-state index in [1.807, 2.05) is 30.3 Å². The predicted molar refractivity (Wildman–Crippen MR) is 106 cm³/mol. The van der Waals surface area contributed by atoms with Crippen molar-refractivity contribution in [3.8, 4) is 0 Å².